The number of rotatable bonds is 4. The van der Waals surface area contributed by atoms with Crippen molar-refractivity contribution in [1.82, 2.24) is 16.0 Å². The Morgan fingerprint density at radius 3 is 2.84 bits per heavy atom. The average Bonchev–Trinajstić information content (AvgIpc) is 2.62. The van der Waals surface area contributed by atoms with Gasteiger partial charge in [-0.2, -0.15) is 0 Å². The van der Waals surface area contributed by atoms with Crippen LogP contribution in [0.25, 0.3) is 0 Å². The molecule has 5 N–H and O–H groups in total. The summed E-state index contributed by atoms with van der Waals surface area (Å²) in [5, 5.41) is 9.56. The van der Waals surface area contributed by atoms with Crippen LogP contribution in [0.15, 0.2) is 35.0 Å². The molecular weight excluding hydrogens is 325 g/mol. The zero-order chi connectivity index (χ0) is 17.8. The number of piperidine rings is 1. The van der Waals surface area contributed by atoms with Crippen LogP contribution in [0.2, 0.25) is 0 Å². The zero-order valence-electron chi connectivity index (χ0n) is 14.0. The lowest BCUT2D eigenvalue weighted by atomic mass is 10.0. The summed E-state index contributed by atoms with van der Waals surface area (Å²) in [6.07, 6.45) is 2.68. The van der Waals surface area contributed by atoms with Gasteiger partial charge in [0.25, 0.3) is 0 Å². The predicted octanol–water partition coefficient (Wildman–Crippen LogP) is 0.487. The fourth-order valence-corrected chi connectivity index (χ4v) is 2.93. The molecule has 0 saturated carbocycles. The van der Waals surface area contributed by atoms with Crippen molar-refractivity contribution in [2.24, 2.45) is 10.7 Å². The summed E-state index contributed by atoms with van der Waals surface area (Å²) in [7, 11) is 1.43. The maximum Gasteiger partial charge on any atom is 0.197 e. The van der Waals surface area contributed by atoms with E-state index in [-0.39, 0.29) is 11.1 Å². The number of ether oxygens (including phenoxy) is 1. The monoisotopic (exact) mass is 347 g/mol. The molecule has 1 aromatic rings. The molecule has 2 heterocycles. The van der Waals surface area contributed by atoms with E-state index >= 15 is 0 Å². The zero-order valence-corrected chi connectivity index (χ0v) is 14.0. The SMILES string of the molecule is COc1ccc(F)cc1C(=O)C1=CNC(NC2CCNCC2)=NC1N. The van der Waals surface area contributed by atoms with Crippen LogP contribution in [-0.4, -0.2) is 44.1 Å². The summed E-state index contributed by atoms with van der Waals surface area (Å²) in [4.78, 5) is 17.0. The fourth-order valence-electron chi connectivity index (χ4n) is 2.93. The Kier molecular flexibility index (Phi) is 5.30. The van der Waals surface area contributed by atoms with E-state index in [2.05, 4.69) is 20.9 Å². The lowest BCUT2D eigenvalue weighted by Gasteiger charge is -2.27. The van der Waals surface area contributed by atoms with E-state index in [0.717, 1.165) is 32.0 Å². The first-order valence-corrected chi connectivity index (χ1v) is 8.24. The summed E-state index contributed by atoms with van der Waals surface area (Å²) >= 11 is 0. The number of carbonyl (C=O) groups excluding carboxylic acids is 1. The molecule has 1 unspecified atom stereocenters. The van der Waals surface area contributed by atoms with Crippen LogP contribution in [0.5, 0.6) is 5.75 Å². The molecule has 25 heavy (non-hydrogen) atoms. The van der Waals surface area contributed by atoms with E-state index in [1.165, 1.54) is 25.4 Å². The van der Waals surface area contributed by atoms with Gasteiger partial charge in [-0.3, -0.25) is 4.79 Å². The van der Waals surface area contributed by atoms with Gasteiger partial charge in [0.2, 0.25) is 0 Å². The number of nitrogens with one attached hydrogen (secondary N) is 3. The molecule has 0 spiro atoms. The van der Waals surface area contributed by atoms with Crippen LogP contribution in [0.1, 0.15) is 23.2 Å². The molecule has 0 aromatic heterocycles. The minimum absolute atomic E-state index is 0.121. The van der Waals surface area contributed by atoms with Gasteiger partial charge < -0.3 is 26.4 Å². The minimum Gasteiger partial charge on any atom is -0.496 e. The molecule has 2 aliphatic heterocycles. The van der Waals surface area contributed by atoms with Gasteiger partial charge in [0.1, 0.15) is 17.7 Å². The largest absolute Gasteiger partial charge is 0.496 e. The number of halogens is 1. The number of Topliss-reactive ketones (excluding diaryl/α,β-unsaturated/α-hetero) is 1. The van der Waals surface area contributed by atoms with Crippen molar-refractivity contribution >= 4 is 11.7 Å². The summed E-state index contributed by atoms with van der Waals surface area (Å²) in [5.41, 5.74) is 6.41. The Morgan fingerprint density at radius 1 is 1.40 bits per heavy atom. The number of nitrogens with two attached hydrogens (primary N) is 1. The van der Waals surface area contributed by atoms with Gasteiger partial charge in [-0.1, -0.05) is 0 Å². The van der Waals surface area contributed by atoms with E-state index in [0.29, 0.717) is 17.8 Å². The molecule has 0 bridgehead atoms. The van der Waals surface area contributed by atoms with Crippen molar-refractivity contribution in [2.75, 3.05) is 20.2 Å². The van der Waals surface area contributed by atoms with E-state index in [9.17, 15) is 9.18 Å². The normalized spacial score (nSPS) is 21.0. The number of carbonyl (C=O) groups is 1. The van der Waals surface area contributed by atoms with E-state index < -0.39 is 17.8 Å². The van der Waals surface area contributed by atoms with E-state index in [4.69, 9.17) is 10.5 Å². The molecule has 0 radical (unpaired) electrons. The van der Waals surface area contributed by atoms with Crippen molar-refractivity contribution in [3.63, 3.8) is 0 Å². The van der Waals surface area contributed by atoms with Gasteiger partial charge in [0.15, 0.2) is 11.7 Å². The summed E-state index contributed by atoms with van der Waals surface area (Å²) in [5.74, 6) is -0.0934. The molecule has 7 nitrogen and oxygen atoms in total. The number of benzene rings is 1. The number of ketones is 1. The molecule has 3 rings (SSSR count). The topological polar surface area (TPSA) is 101 Å². The standard InChI is InChI=1S/C17H22FN5O2/c1-25-14-3-2-10(18)8-12(14)15(24)13-9-21-17(23-16(13)19)22-11-4-6-20-7-5-11/h2-3,8-9,11,16,20H,4-7,19H2,1H3,(H2,21,22,23). The Bertz CT molecular complexity index is 713. The molecule has 1 saturated heterocycles. The molecule has 134 valence electrons. The molecule has 1 fully saturated rings. The third-order valence-electron chi connectivity index (χ3n) is 4.30. The number of nitrogens with zero attached hydrogens (tertiary/aromatic N) is 1. The van der Waals surface area contributed by atoms with Crippen LogP contribution in [0.3, 0.4) is 0 Å². The highest BCUT2D eigenvalue weighted by Gasteiger charge is 2.26. The minimum atomic E-state index is -0.828. The van der Waals surface area contributed by atoms with Crippen molar-refractivity contribution < 1.29 is 13.9 Å². The molecule has 0 aliphatic carbocycles. The Morgan fingerprint density at radius 2 is 2.16 bits per heavy atom. The molecule has 0 amide bonds. The Hall–Kier alpha value is -2.45. The summed E-state index contributed by atoms with van der Waals surface area (Å²) in [6.45, 7) is 1.91. The van der Waals surface area contributed by atoms with Crippen LogP contribution >= 0.6 is 0 Å². The second-order valence-corrected chi connectivity index (χ2v) is 6.01. The lowest BCUT2D eigenvalue weighted by molar-refractivity contribution is 0.102. The Labute approximate surface area is 145 Å². The van der Waals surface area contributed by atoms with Gasteiger partial charge in [-0.05, 0) is 44.1 Å². The van der Waals surface area contributed by atoms with Gasteiger partial charge >= 0.3 is 0 Å². The third-order valence-corrected chi connectivity index (χ3v) is 4.30. The maximum absolute atomic E-state index is 13.5. The molecule has 8 heteroatoms. The van der Waals surface area contributed by atoms with Gasteiger partial charge in [-0.25, -0.2) is 9.38 Å². The van der Waals surface area contributed by atoms with Gasteiger partial charge in [-0.15, -0.1) is 0 Å². The van der Waals surface area contributed by atoms with E-state index in [1.54, 1.807) is 0 Å². The average molecular weight is 347 g/mol. The highest BCUT2D eigenvalue weighted by Crippen LogP contribution is 2.24. The van der Waals surface area contributed by atoms with Crippen molar-refractivity contribution in [1.29, 1.82) is 0 Å². The van der Waals surface area contributed by atoms with Crippen molar-refractivity contribution in [3.8, 4) is 5.75 Å². The molecular formula is C17H22FN5O2. The summed E-state index contributed by atoms with van der Waals surface area (Å²) < 4.78 is 18.7. The number of hydrogen-bond donors (Lipinski definition) is 4. The quantitative estimate of drug-likeness (QED) is 0.592. The lowest BCUT2D eigenvalue weighted by Crippen LogP contribution is -2.49. The van der Waals surface area contributed by atoms with Crippen LogP contribution in [-0.2, 0) is 0 Å². The van der Waals surface area contributed by atoms with E-state index in [1.807, 2.05) is 0 Å². The summed E-state index contributed by atoms with van der Waals surface area (Å²) in [6, 6.07) is 4.11. The number of aliphatic imine (C=N–C) groups is 1. The first kappa shape index (κ1) is 17.4. The van der Waals surface area contributed by atoms with Crippen molar-refractivity contribution in [3.05, 3.63) is 41.4 Å². The smallest absolute Gasteiger partial charge is 0.197 e. The predicted molar refractivity (Wildman–Crippen MR) is 92.9 cm³/mol. The second-order valence-electron chi connectivity index (χ2n) is 6.01. The fraction of sp³-hybridized carbons (Fsp3) is 0.412. The second kappa shape index (κ2) is 7.62. The van der Waals surface area contributed by atoms with Crippen LogP contribution in [0, 0.1) is 5.82 Å². The third kappa shape index (κ3) is 3.97. The number of methoxy groups -OCH3 is 1. The maximum atomic E-state index is 13.5. The molecule has 2 aliphatic rings. The Balaban J connectivity index is 1.72. The number of guanidine groups is 1. The van der Waals surface area contributed by atoms with Crippen molar-refractivity contribution in [2.45, 2.75) is 25.0 Å². The highest BCUT2D eigenvalue weighted by molar-refractivity contribution is 6.12. The van der Waals surface area contributed by atoms with Gasteiger partial charge in [0.05, 0.1) is 18.2 Å². The van der Waals surface area contributed by atoms with Gasteiger partial charge in [0, 0.05) is 12.2 Å². The van der Waals surface area contributed by atoms with Crippen LogP contribution in [0.4, 0.5) is 4.39 Å². The molecule has 1 atom stereocenters. The first-order chi connectivity index (χ1) is 12.1. The van der Waals surface area contributed by atoms with Crippen LogP contribution < -0.4 is 26.4 Å². The first-order valence-electron chi connectivity index (χ1n) is 8.24. The highest BCUT2D eigenvalue weighted by atomic mass is 19.1. The number of hydrogen-bond acceptors (Lipinski definition) is 7. The molecule has 1 aromatic carbocycles.